The molecule has 8 heteroatoms. The average molecular weight is 461 g/mol. The summed E-state index contributed by atoms with van der Waals surface area (Å²) in [5, 5.41) is 3.49. The van der Waals surface area contributed by atoms with Crippen molar-refractivity contribution in [2.45, 2.75) is 11.7 Å². The number of hydrogen-bond acceptors (Lipinski definition) is 5. The Labute approximate surface area is 185 Å². The van der Waals surface area contributed by atoms with Gasteiger partial charge >= 0.3 is 0 Å². The molecule has 2 heterocycles. The quantitative estimate of drug-likeness (QED) is 0.207. The van der Waals surface area contributed by atoms with Gasteiger partial charge in [-0.3, -0.25) is 14.2 Å². The van der Waals surface area contributed by atoms with Gasteiger partial charge in [0.2, 0.25) is 0 Å². The van der Waals surface area contributed by atoms with Crippen LogP contribution in [-0.4, -0.2) is 21.1 Å². The van der Waals surface area contributed by atoms with Gasteiger partial charge in [-0.05, 0) is 47.3 Å². The Balaban J connectivity index is 1.67. The lowest BCUT2D eigenvalue weighted by molar-refractivity contribution is 0.102. The first-order valence-corrected chi connectivity index (χ1v) is 11.3. The van der Waals surface area contributed by atoms with Gasteiger partial charge in [-0.1, -0.05) is 53.2 Å². The van der Waals surface area contributed by atoms with Crippen molar-refractivity contribution >= 4 is 62.3 Å². The zero-order valence-electron chi connectivity index (χ0n) is 15.0. The zero-order valence-corrected chi connectivity index (χ0v) is 18.1. The first kappa shape index (κ1) is 20.2. The average Bonchev–Trinajstić information content (AvgIpc) is 3.19. The van der Waals surface area contributed by atoms with E-state index in [0.29, 0.717) is 31.0 Å². The third-order valence-corrected chi connectivity index (χ3v) is 6.80. The minimum Gasteiger partial charge on any atom is -0.293 e. The Morgan fingerprint density at radius 1 is 1.07 bits per heavy atom. The highest BCUT2D eigenvalue weighted by atomic mass is 35.5. The van der Waals surface area contributed by atoms with Crippen LogP contribution >= 0.6 is 46.3 Å². The molecule has 0 radical (unpaired) electrons. The molecule has 0 spiro atoms. The van der Waals surface area contributed by atoms with Crippen LogP contribution in [0.5, 0.6) is 0 Å². The normalized spacial score (nSPS) is 11.1. The summed E-state index contributed by atoms with van der Waals surface area (Å²) in [4.78, 5) is 30.2. The van der Waals surface area contributed by atoms with Crippen LogP contribution in [0.15, 0.2) is 69.9 Å². The summed E-state index contributed by atoms with van der Waals surface area (Å²) in [6.07, 6.45) is 0. The Morgan fingerprint density at radius 2 is 1.83 bits per heavy atom. The van der Waals surface area contributed by atoms with Crippen LogP contribution in [-0.2, 0) is 6.54 Å². The maximum atomic E-state index is 13.1. The molecule has 0 amide bonds. The molecular formula is C21H14Cl2N2O2S2. The first-order chi connectivity index (χ1) is 14.0. The van der Waals surface area contributed by atoms with Gasteiger partial charge in [-0.15, -0.1) is 11.3 Å². The molecule has 0 aliphatic heterocycles. The molecule has 4 rings (SSSR count). The van der Waals surface area contributed by atoms with Gasteiger partial charge in [0.15, 0.2) is 10.9 Å². The van der Waals surface area contributed by atoms with E-state index in [-0.39, 0.29) is 23.6 Å². The molecule has 0 unspecified atom stereocenters. The number of aromatic nitrogens is 2. The lowest BCUT2D eigenvalue weighted by Gasteiger charge is -2.13. The van der Waals surface area contributed by atoms with Gasteiger partial charge in [0, 0.05) is 15.6 Å². The Bertz CT molecular complexity index is 1250. The Kier molecular flexibility index (Phi) is 6.06. The van der Waals surface area contributed by atoms with E-state index < -0.39 is 0 Å². The summed E-state index contributed by atoms with van der Waals surface area (Å²) >= 11 is 14.8. The number of nitrogens with zero attached hydrogens (tertiary/aromatic N) is 2. The Morgan fingerprint density at radius 3 is 2.59 bits per heavy atom. The standard InChI is InChI=1S/C21H14Cl2N2O2S2/c22-15-7-5-13(6-8-15)18(26)12-29-21-24-17-9-10-28-19(17)20(27)25(21)11-14-3-1-2-4-16(14)23/h1-10H,11-12H2. The highest BCUT2D eigenvalue weighted by Gasteiger charge is 2.16. The number of thiophene rings is 1. The monoisotopic (exact) mass is 460 g/mol. The van der Waals surface area contributed by atoms with Crippen molar-refractivity contribution < 1.29 is 4.79 Å². The van der Waals surface area contributed by atoms with Gasteiger partial charge in [-0.2, -0.15) is 0 Å². The Hall–Kier alpha value is -2.12. The van der Waals surface area contributed by atoms with Gasteiger partial charge < -0.3 is 0 Å². The van der Waals surface area contributed by atoms with Crippen molar-refractivity contribution in [1.29, 1.82) is 0 Å². The summed E-state index contributed by atoms with van der Waals surface area (Å²) in [6, 6.07) is 15.9. The molecule has 0 N–H and O–H groups in total. The van der Waals surface area contributed by atoms with Gasteiger partial charge in [-0.25, -0.2) is 4.98 Å². The van der Waals surface area contributed by atoms with Crippen molar-refractivity contribution in [3.63, 3.8) is 0 Å². The second-order valence-electron chi connectivity index (χ2n) is 6.23. The molecule has 4 aromatic rings. The molecule has 0 aliphatic rings. The molecule has 4 nitrogen and oxygen atoms in total. The van der Waals surface area contributed by atoms with E-state index in [2.05, 4.69) is 4.98 Å². The van der Waals surface area contributed by atoms with Crippen LogP contribution in [0.4, 0.5) is 0 Å². The summed E-state index contributed by atoms with van der Waals surface area (Å²) in [6.45, 7) is 0.289. The summed E-state index contributed by atoms with van der Waals surface area (Å²) < 4.78 is 2.17. The van der Waals surface area contributed by atoms with Crippen LogP contribution in [0.2, 0.25) is 10.0 Å². The van der Waals surface area contributed by atoms with E-state index in [0.717, 1.165) is 5.56 Å². The van der Waals surface area contributed by atoms with Gasteiger partial charge in [0.25, 0.3) is 5.56 Å². The summed E-state index contributed by atoms with van der Waals surface area (Å²) in [7, 11) is 0. The summed E-state index contributed by atoms with van der Waals surface area (Å²) in [5.74, 6) is 0.0994. The second-order valence-corrected chi connectivity index (χ2v) is 8.93. The number of ketones is 1. The third-order valence-electron chi connectivity index (χ3n) is 4.32. The van der Waals surface area contributed by atoms with E-state index >= 15 is 0 Å². The van der Waals surface area contributed by atoms with Gasteiger partial charge in [0.05, 0.1) is 17.8 Å². The van der Waals surface area contributed by atoms with E-state index in [4.69, 9.17) is 23.2 Å². The zero-order chi connectivity index (χ0) is 20.4. The SMILES string of the molecule is O=C(CSc1nc2ccsc2c(=O)n1Cc1ccccc1Cl)c1ccc(Cl)cc1. The smallest absolute Gasteiger partial charge is 0.272 e. The molecule has 0 bridgehead atoms. The maximum Gasteiger partial charge on any atom is 0.272 e. The number of halogens is 2. The fourth-order valence-corrected chi connectivity index (χ4v) is 4.81. The molecular weight excluding hydrogens is 447 g/mol. The number of Topliss-reactive ketones (excluding diaryl/α,β-unsaturated/α-hetero) is 1. The first-order valence-electron chi connectivity index (χ1n) is 8.66. The van der Waals surface area contributed by atoms with Crippen LogP contribution in [0.1, 0.15) is 15.9 Å². The lowest BCUT2D eigenvalue weighted by Crippen LogP contribution is -2.23. The number of carbonyl (C=O) groups excluding carboxylic acids is 1. The van der Waals surface area contributed by atoms with Gasteiger partial charge in [0.1, 0.15) is 4.70 Å². The number of carbonyl (C=O) groups is 1. The molecule has 0 saturated heterocycles. The van der Waals surface area contributed by atoms with Crippen molar-refractivity contribution in [1.82, 2.24) is 9.55 Å². The van der Waals surface area contributed by atoms with Crippen molar-refractivity contribution in [2.24, 2.45) is 0 Å². The third kappa shape index (κ3) is 4.41. The largest absolute Gasteiger partial charge is 0.293 e. The van der Waals surface area contributed by atoms with E-state index in [1.54, 1.807) is 34.9 Å². The number of thioether (sulfide) groups is 1. The fourth-order valence-electron chi connectivity index (χ4n) is 2.82. The molecule has 0 aliphatic carbocycles. The maximum absolute atomic E-state index is 13.1. The molecule has 29 heavy (non-hydrogen) atoms. The fraction of sp³-hybridized carbons (Fsp3) is 0.0952. The van der Waals surface area contributed by atoms with Crippen molar-refractivity contribution in [2.75, 3.05) is 5.75 Å². The van der Waals surface area contributed by atoms with Crippen molar-refractivity contribution in [3.05, 3.63) is 91.5 Å². The van der Waals surface area contributed by atoms with E-state index in [9.17, 15) is 9.59 Å². The summed E-state index contributed by atoms with van der Waals surface area (Å²) in [5.41, 5.74) is 1.89. The topological polar surface area (TPSA) is 52.0 Å². The number of hydrogen-bond donors (Lipinski definition) is 0. The van der Waals surface area contributed by atoms with Crippen LogP contribution in [0.25, 0.3) is 10.2 Å². The predicted molar refractivity (Wildman–Crippen MR) is 121 cm³/mol. The van der Waals surface area contributed by atoms with Crippen LogP contribution < -0.4 is 5.56 Å². The number of fused-ring (bicyclic) bond motifs is 1. The van der Waals surface area contributed by atoms with E-state index in [1.165, 1.54) is 23.1 Å². The van der Waals surface area contributed by atoms with Crippen molar-refractivity contribution in [3.8, 4) is 0 Å². The molecule has 2 aromatic heterocycles. The predicted octanol–water partition coefficient (Wildman–Crippen LogP) is 5.79. The van der Waals surface area contributed by atoms with E-state index in [1.807, 2.05) is 29.6 Å². The minimum absolute atomic E-state index is 0.0596. The highest BCUT2D eigenvalue weighted by Crippen LogP contribution is 2.24. The highest BCUT2D eigenvalue weighted by molar-refractivity contribution is 7.99. The molecule has 2 aromatic carbocycles. The molecule has 0 saturated carbocycles. The molecule has 0 atom stereocenters. The molecule has 146 valence electrons. The molecule has 0 fully saturated rings. The van der Waals surface area contributed by atoms with Crippen LogP contribution in [0, 0.1) is 0 Å². The lowest BCUT2D eigenvalue weighted by atomic mass is 10.1. The van der Waals surface area contributed by atoms with Crippen LogP contribution in [0.3, 0.4) is 0 Å². The minimum atomic E-state index is -0.133. The number of benzene rings is 2. The second kappa shape index (κ2) is 8.71. The number of rotatable bonds is 6.